The molecule has 0 spiro atoms. The van der Waals surface area contributed by atoms with Crippen molar-refractivity contribution >= 4 is 37.2 Å². The molecule has 4 aromatic rings. The Balaban J connectivity index is 1.42. The van der Waals surface area contributed by atoms with Crippen LogP contribution >= 0.6 is 11.3 Å². The average Bonchev–Trinajstić information content (AvgIpc) is 3.60. The highest BCUT2D eigenvalue weighted by Crippen LogP contribution is 2.61. The van der Waals surface area contributed by atoms with Gasteiger partial charge in [0.15, 0.2) is 0 Å². The van der Waals surface area contributed by atoms with E-state index < -0.39 is 0 Å². The summed E-state index contributed by atoms with van der Waals surface area (Å²) in [5.41, 5.74) is 12.0. The Kier molecular flexibility index (Phi) is 7.52. The number of rotatable bonds is 5. The predicted molar refractivity (Wildman–Crippen MR) is 204 cm³/mol. The molecule has 0 bridgehead atoms. The van der Waals surface area contributed by atoms with Crippen molar-refractivity contribution in [2.75, 3.05) is 0 Å². The van der Waals surface area contributed by atoms with E-state index in [0.717, 1.165) is 19.3 Å². The highest BCUT2D eigenvalue weighted by atomic mass is 32.1. The number of aryl methyl sites for hydroxylation is 2. The number of benzene rings is 3. The molecule has 47 heavy (non-hydrogen) atoms. The minimum Gasteiger partial charge on any atom is -0.354 e. The first-order valence-corrected chi connectivity index (χ1v) is 18.8. The zero-order chi connectivity index (χ0) is 32.6. The van der Waals surface area contributed by atoms with Crippen molar-refractivity contribution in [3.8, 4) is 0 Å². The number of allylic oxidation sites excluding steroid dienone is 6. The SMILES string of the molecule is Cc1ccc2c(sc3ccccc32)c1C1C(C)C2=C(c3ccccc3CC2)N1C1(C)C(C(C)C)=CC(C2C=CC=CC2)=CC1C(C)C. The lowest BCUT2D eigenvalue weighted by Gasteiger charge is -2.55. The third-order valence-electron chi connectivity index (χ3n) is 12.1. The molecule has 0 N–H and O–H groups in total. The van der Waals surface area contributed by atoms with Gasteiger partial charge in [0.25, 0.3) is 0 Å². The van der Waals surface area contributed by atoms with Gasteiger partial charge < -0.3 is 4.90 Å². The molecule has 0 radical (unpaired) electrons. The minimum absolute atomic E-state index is 0.189. The molecule has 0 saturated carbocycles. The molecule has 8 rings (SSSR count). The van der Waals surface area contributed by atoms with Crippen LogP contribution in [-0.4, -0.2) is 10.4 Å². The molecule has 3 aromatic carbocycles. The van der Waals surface area contributed by atoms with Gasteiger partial charge in [-0.3, -0.25) is 0 Å². The van der Waals surface area contributed by atoms with Gasteiger partial charge in [0.05, 0.1) is 11.6 Å². The molecule has 3 aliphatic carbocycles. The second kappa shape index (κ2) is 11.5. The van der Waals surface area contributed by atoms with Crippen LogP contribution in [-0.2, 0) is 6.42 Å². The fourth-order valence-electron chi connectivity index (χ4n) is 9.87. The summed E-state index contributed by atoms with van der Waals surface area (Å²) in [7, 11) is 0. The van der Waals surface area contributed by atoms with Crippen molar-refractivity contribution in [3.63, 3.8) is 0 Å². The quantitative estimate of drug-likeness (QED) is 0.211. The van der Waals surface area contributed by atoms with Crippen LogP contribution < -0.4 is 0 Å². The first kappa shape index (κ1) is 30.7. The van der Waals surface area contributed by atoms with Crippen molar-refractivity contribution in [2.24, 2.45) is 29.6 Å². The fraction of sp³-hybridized carbons (Fsp3) is 0.378. The number of hydrogen-bond acceptors (Lipinski definition) is 2. The second-order valence-electron chi connectivity index (χ2n) is 15.4. The molecule has 2 heterocycles. The van der Waals surface area contributed by atoms with Crippen molar-refractivity contribution in [1.82, 2.24) is 4.90 Å². The molecular formula is C45H49NS. The maximum Gasteiger partial charge on any atom is 0.0663 e. The molecule has 0 fully saturated rings. The van der Waals surface area contributed by atoms with Crippen LogP contribution in [0.1, 0.15) is 82.7 Å². The lowest BCUT2D eigenvalue weighted by atomic mass is 9.63. The summed E-state index contributed by atoms with van der Waals surface area (Å²) in [5, 5.41) is 2.81. The van der Waals surface area contributed by atoms with Crippen LogP contribution in [0.15, 0.2) is 114 Å². The van der Waals surface area contributed by atoms with E-state index in [2.05, 4.69) is 150 Å². The van der Waals surface area contributed by atoms with E-state index in [1.54, 1.807) is 16.7 Å². The van der Waals surface area contributed by atoms with E-state index in [4.69, 9.17) is 0 Å². The summed E-state index contributed by atoms with van der Waals surface area (Å²) in [4.78, 5) is 3.01. The Morgan fingerprint density at radius 1 is 0.894 bits per heavy atom. The normalized spacial score (nSPS) is 27.2. The van der Waals surface area contributed by atoms with E-state index >= 15 is 0 Å². The van der Waals surface area contributed by atoms with E-state index in [9.17, 15) is 0 Å². The average molecular weight is 636 g/mol. The Bertz CT molecular complexity index is 2040. The van der Waals surface area contributed by atoms with Gasteiger partial charge in [0, 0.05) is 49.2 Å². The second-order valence-corrected chi connectivity index (χ2v) is 16.5. The standard InChI is InChI=1S/C45H49NS/c1-27(2)38-25-33(31-15-9-8-10-16-31)26-39(28(3)4)45(38,7)46-42(30(6)34-24-22-32-17-11-12-18-35(32)43(34)46)41-29(5)21-23-37-36-19-13-14-20-40(36)47-44(37)41/h8-15,17-21,23,25-28,30-31,38,42H,16,22,24H2,1-7H3. The first-order chi connectivity index (χ1) is 22.7. The molecule has 5 atom stereocenters. The summed E-state index contributed by atoms with van der Waals surface area (Å²) in [6.45, 7) is 17.4. The topological polar surface area (TPSA) is 3.24 Å². The van der Waals surface area contributed by atoms with Crippen LogP contribution in [0.25, 0.3) is 25.9 Å². The lowest BCUT2D eigenvalue weighted by molar-refractivity contribution is 0.0822. The van der Waals surface area contributed by atoms with Crippen molar-refractivity contribution in [3.05, 3.63) is 136 Å². The first-order valence-electron chi connectivity index (χ1n) is 18.0. The molecule has 1 aromatic heterocycles. The van der Waals surface area contributed by atoms with E-state index in [1.165, 1.54) is 48.1 Å². The van der Waals surface area contributed by atoms with Crippen molar-refractivity contribution in [2.45, 2.75) is 79.3 Å². The molecule has 4 aliphatic rings. The molecule has 5 unspecified atom stereocenters. The highest BCUT2D eigenvalue weighted by Gasteiger charge is 2.55. The summed E-state index contributed by atoms with van der Waals surface area (Å²) < 4.78 is 2.87. The number of nitrogens with zero attached hydrogens (tertiary/aromatic N) is 1. The van der Waals surface area contributed by atoms with Gasteiger partial charge >= 0.3 is 0 Å². The van der Waals surface area contributed by atoms with Crippen LogP contribution in [0.5, 0.6) is 0 Å². The van der Waals surface area contributed by atoms with Crippen molar-refractivity contribution < 1.29 is 0 Å². The summed E-state index contributed by atoms with van der Waals surface area (Å²) in [6, 6.07) is 23.4. The van der Waals surface area contributed by atoms with Gasteiger partial charge in [-0.15, -0.1) is 11.3 Å². The summed E-state index contributed by atoms with van der Waals surface area (Å²) in [5.74, 6) is 2.15. The molecule has 0 saturated heterocycles. The number of thiophene rings is 1. The van der Waals surface area contributed by atoms with Gasteiger partial charge in [-0.1, -0.05) is 126 Å². The fourth-order valence-corrected chi connectivity index (χ4v) is 11.2. The molecule has 1 nitrogen and oxygen atoms in total. The lowest BCUT2D eigenvalue weighted by Crippen LogP contribution is -2.56. The molecule has 1 aliphatic heterocycles. The zero-order valence-corrected chi connectivity index (χ0v) is 30.0. The Hall–Kier alpha value is -3.62. The number of hydrogen-bond donors (Lipinski definition) is 0. The highest BCUT2D eigenvalue weighted by molar-refractivity contribution is 7.26. The minimum atomic E-state index is -0.189. The Morgan fingerprint density at radius 3 is 2.45 bits per heavy atom. The maximum absolute atomic E-state index is 3.01. The third kappa shape index (κ3) is 4.61. The third-order valence-corrected chi connectivity index (χ3v) is 13.3. The van der Waals surface area contributed by atoms with Crippen LogP contribution in [0, 0.1) is 36.5 Å². The van der Waals surface area contributed by atoms with Crippen LogP contribution in [0.2, 0.25) is 0 Å². The van der Waals surface area contributed by atoms with E-state index in [-0.39, 0.29) is 11.6 Å². The Morgan fingerprint density at radius 2 is 1.68 bits per heavy atom. The Labute approximate surface area is 286 Å². The van der Waals surface area contributed by atoms with Gasteiger partial charge in [0.1, 0.15) is 0 Å². The van der Waals surface area contributed by atoms with Crippen LogP contribution in [0.3, 0.4) is 0 Å². The molecule has 240 valence electrons. The maximum atomic E-state index is 3.01. The van der Waals surface area contributed by atoms with Crippen LogP contribution in [0.4, 0.5) is 0 Å². The van der Waals surface area contributed by atoms with Gasteiger partial charge in [-0.2, -0.15) is 0 Å². The largest absolute Gasteiger partial charge is 0.354 e. The monoisotopic (exact) mass is 635 g/mol. The smallest absolute Gasteiger partial charge is 0.0663 e. The molecule has 0 amide bonds. The molecular weight excluding hydrogens is 587 g/mol. The van der Waals surface area contributed by atoms with E-state index in [1.807, 2.05) is 11.3 Å². The summed E-state index contributed by atoms with van der Waals surface area (Å²) >= 11 is 2.01. The molecule has 2 heteroatoms. The van der Waals surface area contributed by atoms with Gasteiger partial charge in [0.2, 0.25) is 0 Å². The van der Waals surface area contributed by atoms with E-state index in [0.29, 0.717) is 29.6 Å². The van der Waals surface area contributed by atoms with Gasteiger partial charge in [-0.05, 0) is 84.4 Å². The predicted octanol–water partition coefficient (Wildman–Crippen LogP) is 12.4. The number of fused-ring (bicyclic) bond motifs is 5. The zero-order valence-electron chi connectivity index (χ0n) is 29.2. The van der Waals surface area contributed by atoms with Gasteiger partial charge in [-0.25, -0.2) is 0 Å². The van der Waals surface area contributed by atoms with Crippen molar-refractivity contribution in [1.29, 1.82) is 0 Å². The summed E-state index contributed by atoms with van der Waals surface area (Å²) in [6.07, 6.45) is 17.9.